The van der Waals surface area contributed by atoms with E-state index >= 15 is 0 Å². The molecule has 1 aromatic heterocycles. The van der Waals surface area contributed by atoms with Crippen molar-refractivity contribution in [3.63, 3.8) is 0 Å². The van der Waals surface area contributed by atoms with Crippen molar-refractivity contribution >= 4 is 17.2 Å². The molecule has 0 saturated heterocycles. The summed E-state index contributed by atoms with van der Waals surface area (Å²) in [5, 5.41) is 8.56. The van der Waals surface area contributed by atoms with E-state index < -0.39 is 0 Å². The number of benzene rings is 1. The summed E-state index contributed by atoms with van der Waals surface area (Å²) in [5.74, 6) is -0.0231. The molecule has 1 aromatic carbocycles. The van der Waals surface area contributed by atoms with Crippen LogP contribution in [0, 0.1) is 0 Å². The largest absolute Gasteiger partial charge is 0.355 e. The molecular weight excluding hydrogens is 292 g/mol. The molecule has 0 aliphatic heterocycles. The van der Waals surface area contributed by atoms with E-state index in [0.717, 1.165) is 18.5 Å². The van der Waals surface area contributed by atoms with E-state index in [0.29, 0.717) is 6.04 Å². The van der Waals surface area contributed by atoms with Crippen LogP contribution in [-0.4, -0.2) is 19.5 Å². The van der Waals surface area contributed by atoms with Crippen molar-refractivity contribution in [2.75, 3.05) is 13.6 Å². The molecule has 2 aromatic rings. The van der Waals surface area contributed by atoms with Crippen LogP contribution in [0.25, 0.3) is 0 Å². The number of thiophene rings is 1. The summed E-state index contributed by atoms with van der Waals surface area (Å²) in [4.78, 5) is 13.2. The Morgan fingerprint density at radius 1 is 1.36 bits per heavy atom. The summed E-state index contributed by atoms with van der Waals surface area (Å²) in [7, 11) is 1.66. The fraction of sp³-hybridized carbons (Fsp3) is 0.389. The first-order valence-corrected chi connectivity index (χ1v) is 8.76. The SMILES string of the molecule is CNC(=O)c1cccc(CCNC2CCCc3sccc32)c1. The number of hydrogen-bond donors (Lipinski definition) is 2. The second kappa shape index (κ2) is 7.07. The molecule has 1 unspecified atom stereocenters. The van der Waals surface area contributed by atoms with E-state index in [9.17, 15) is 4.79 Å². The van der Waals surface area contributed by atoms with Gasteiger partial charge in [-0.15, -0.1) is 11.3 Å². The summed E-state index contributed by atoms with van der Waals surface area (Å²) < 4.78 is 0. The van der Waals surface area contributed by atoms with Crippen LogP contribution in [0.4, 0.5) is 0 Å². The summed E-state index contributed by atoms with van der Waals surface area (Å²) in [5.41, 5.74) is 3.43. The van der Waals surface area contributed by atoms with Crippen molar-refractivity contribution in [1.29, 1.82) is 0 Å². The van der Waals surface area contributed by atoms with Crippen LogP contribution in [0.15, 0.2) is 35.7 Å². The number of hydrogen-bond acceptors (Lipinski definition) is 3. The molecule has 3 nitrogen and oxygen atoms in total. The molecule has 0 spiro atoms. The maximum atomic E-state index is 11.7. The molecule has 1 aliphatic carbocycles. The van der Waals surface area contributed by atoms with Crippen molar-refractivity contribution in [1.82, 2.24) is 10.6 Å². The third kappa shape index (κ3) is 3.39. The third-order valence-electron chi connectivity index (χ3n) is 4.27. The molecule has 0 fully saturated rings. The maximum absolute atomic E-state index is 11.7. The summed E-state index contributed by atoms with van der Waals surface area (Å²) >= 11 is 1.88. The minimum Gasteiger partial charge on any atom is -0.355 e. The van der Waals surface area contributed by atoms with E-state index in [1.165, 1.54) is 30.4 Å². The van der Waals surface area contributed by atoms with Crippen molar-refractivity contribution in [2.24, 2.45) is 0 Å². The van der Waals surface area contributed by atoms with Crippen molar-refractivity contribution in [3.05, 3.63) is 57.3 Å². The molecule has 1 amide bonds. The maximum Gasteiger partial charge on any atom is 0.251 e. The highest BCUT2D eigenvalue weighted by molar-refractivity contribution is 7.10. The number of aryl methyl sites for hydroxylation is 1. The summed E-state index contributed by atoms with van der Waals surface area (Å²) in [6.45, 7) is 0.942. The van der Waals surface area contributed by atoms with Crippen LogP contribution < -0.4 is 10.6 Å². The molecule has 0 saturated carbocycles. The van der Waals surface area contributed by atoms with Crippen molar-refractivity contribution < 1.29 is 4.79 Å². The first-order valence-electron chi connectivity index (χ1n) is 7.88. The minimum atomic E-state index is -0.0231. The van der Waals surface area contributed by atoms with E-state index in [-0.39, 0.29) is 5.91 Å². The zero-order valence-corrected chi connectivity index (χ0v) is 13.7. The molecule has 3 rings (SSSR count). The molecule has 0 bridgehead atoms. The second-order valence-corrected chi connectivity index (χ2v) is 6.73. The predicted octanol–water partition coefficient (Wildman–Crippen LogP) is 3.32. The predicted molar refractivity (Wildman–Crippen MR) is 91.5 cm³/mol. The Balaban J connectivity index is 1.57. The van der Waals surface area contributed by atoms with Gasteiger partial charge in [0.25, 0.3) is 5.91 Å². The average molecular weight is 314 g/mol. The summed E-state index contributed by atoms with van der Waals surface area (Å²) in [6.07, 6.45) is 4.68. The normalized spacial score (nSPS) is 17.0. The number of rotatable bonds is 5. The fourth-order valence-corrected chi connectivity index (χ4v) is 4.09. The van der Waals surface area contributed by atoms with Crippen LogP contribution in [0.2, 0.25) is 0 Å². The molecule has 0 radical (unpaired) electrons. The van der Waals surface area contributed by atoms with Gasteiger partial charge in [-0.25, -0.2) is 0 Å². The molecular formula is C18H22N2OS. The lowest BCUT2D eigenvalue weighted by Gasteiger charge is -2.23. The second-order valence-electron chi connectivity index (χ2n) is 5.73. The monoisotopic (exact) mass is 314 g/mol. The Labute approximate surface area is 135 Å². The van der Waals surface area contributed by atoms with Crippen molar-refractivity contribution in [2.45, 2.75) is 31.7 Å². The van der Waals surface area contributed by atoms with Crippen LogP contribution in [0.3, 0.4) is 0 Å². The first kappa shape index (κ1) is 15.3. The molecule has 1 heterocycles. The van der Waals surface area contributed by atoms with Gasteiger partial charge >= 0.3 is 0 Å². The van der Waals surface area contributed by atoms with Gasteiger partial charge in [0.05, 0.1) is 0 Å². The Morgan fingerprint density at radius 3 is 3.14 bits per heavy atom. The zero-order chi connectivity index (χ0) is 15.4. The van der Waals surface area contributed by atoms with Gasteiger partial charge in [0, 0.05) is 23.5 Å². The summed E-state index contributed by atoms with van der Waals surface area (Å²) in [6, 6.07) is 10.6. The number of carbonyl (C=O) groups is 1. The molecule has 2 N–H and O–H groups in total. The van der Waals surface area contributed by atoms with Crippen LogP contribution in [0.1, 0.15) is 45.2 Å². The van der Waals surface area contributed by atoms with Gasteiger partial charge in [-0.1, -0.05) is 12.1 Å². The topological polar surface area (TPSA) is 41.1 Å². The lowest BCUT2D eigenvalue weighted by Crippen LogP contribution is -2.26. The van der Waals surface area contributed by atoms with E-state index in [2.05, 4.69) is 28.1 Å². The quantitative estimate of drug-likeness (QED) is 0.889. The van der Waals surface area contributed by atoms with E-state index in [4.69, 9.17) is 0 Å². The van der Waals surface area contributed by atoms with Crippen LogP contribution in [0.5, 0.6) is 0 Å². The number of carbonyl (C=O) groups excluding carboxylic acids is 1. The highest BCUT2D eigenvalue weighted by Gasteiger charge is 2.20. The van der Waals surface area contributed by atoms with Crippen LogP contribution in [-0.2, 0) is 12.8 Å². The van der Waals surface area contributed by atoms with Gasteiger partial charge in [-0.2, -0.15) is 0 Å². The van der Waals surface area contributed by atoms with Gasteiger partial charge in [-0.05, 0) is 66.9 Å². The van der Waals surface area contributed by atoms with Crippen LogP contribution >= 0.6 is 11.3 Å². The molecule has 116 valence electrons. The van der Waals surface area contributed by atoms with Gasteiger partial charge in [0.2, 0.25) is 0 Å². The van der Waals surface area contributed by atoms with Gasteiger partial charge in [-0.3, -0.25) is 4.79 Å². The Morgan fingerprint density at radius 2 is 2.27 bits per heavy atom. The fourth-order valence-electron chi connectivity index (χ4n) is 3.10. The van der Waals surface area contributed by atoms with E-state index in [1.54, 1.807) is 11.9 Å². The van der Waals surface area contributed by atoms with Gasteiger partial charge in [0.15, 0.2) is 0 Å². The van der Waals surface area contributed by atoms with Crippen molar-refractivity contribution in [3.8, 4) is 0 Å². The highest BCUT2D eigenvalue weighted by Crippen LogP contribution is 2.33. The highest BCUT2D eigenvalue weighted by atomic mass is 32.1. The van der Waals surface area contributed by atoms with E-state index in [1.807, 2.05) is 29.5 Å². The zero-order valence-electron chi connectivity index (χ0n) is 12.9. The number of amides is 1. The lowest BCUT2D eigenvalue weighted by molar-refractivity contribution is 0.0963. The number of fused-ring (bicyclic) bond motifs is 1. The molecule has 4 heteroatoms. The average Bonchev–Trinajstić information content (AvgIpc) is 3.04. The van der Waals surface area contributed by atoms with Gasteiger partial charge < -0.3 is 10.6 Å². The van der Waals surface area contributed by atoms with Gasteiger partial charge in [0.1, 0.15) is 0 Å². The number of nitrogens with one attached hydrogen (secondary N) is 2. The molecule has 22 heavy (non-hydrogen) atoms. The molecule has 1 aliphatic rings. The lowest BCUT2D eigenvalue weighted by atomic mass is 9.94. The minimum absolute atomic E-state index is 0.0231. The standard InChI is InChI=1S/C18H22N2OS/c1-19-18(21)14-5-2-4-13(12-14)8-10-20-16-6-3-7-17-15(16)9-11-22-17/h2,4-5,9,11-12,16,20H,3,6-8,10H2,1H3,(H,19,21). The first-order chi connectivity index (χ1) is 10.8. The Kier molecular flexibility index (Phi) is 4.90. The molecule has 1 atom stereocenters. The third-order valence-corrected chi connectivity index (χ3v) is 5.27. The smallest absolute Gasteiger partial charge is 0.251 e. The Bertz CT molecular complexity index is 650. The Hall–Kier alpha value is -1.65.